The van der Waals surface area contributed by atoms with E-state index < -0.39 is 11.9 Å². The smallest absolute Gasteiger partial charge is 0.315 e. The number of aromatic nitrogens is 2. The quantitative estimate of drug-likeness (QED) is 0.571. The van der Waals surface area contributed by atoms with Gasteiger partial charge in [-0.1, -0.05) is 30.3 Å². The van der Waals surface area contributed by atoms with Crippen LogP contribution in [0.1, 0.15) is 33.4 Å². The standard InChI is InChI=1S/C21H23N5O3/c1-26-11-10-23-20(26)18(16-8-3-4-9-17(16)29-2)25-21(28)24-13-14-6-5-7-15(12-14)19(22)27/h3-12,18H,13H2,1-2H3,(H2,22,27)(H2,24,25,28). The van der Waals surface area contributed by atoms with Crippen molar-refractivity contribution in [2.24, 2.45) is 12.8 Å². The molecule has 1 unspecified atom stereocenters. The number of carbonyl (C=O) groups excluding carboxylic acids is 2. The molecule has 0 aliphatic heterocycles. The number of hydrogen-bond acceptors (Lipinski definition) is 4. The molecular weight excluding hydrogens is 370 g/mol. The summed E-state index contributed by atoms with van der Waals surface area (Å²) in [6.45, 7) is 0.242. The SMILES string of the molecule is COc1ccccc1C(NC(=O)NCc1cccc(C(N)=O)c1)c1nccn1C. The number of para-hydroxylation sites is 1. The van der Waals surface area contributed by atoms with Gasteiger partial charge in [0.1, 0.15) is 17.6 Å². The summed E-state index contributed by atoms with van der Waals surface area (Å²) in [7, 11) is 3.44. The van der Waals surface area contributed by atoms with E-state index in [9.17, 15) is 9.59 Å². The van der Waals surface area contributed by atoms with E-state index in [0.717, 1.165) is 11.1 Å². The number of benzene rings is 2. The Hall–Kier alpha value is -3.81. The number of urea groups is 1. The van der Waals surface area contributed by atoms with Crippen molar-refractivity contribution in [1.29, 1.82) is 0 Å². The highest BCUT2D eigenvalue weighted by Crippen LogP contribution is 2.28. The second-order valence-corrected chi connectivity index (χ2v) is 6.46. The van der Waals surface area contributed by atoms with E-state index in [2.05, 4.69) is 15.6 Å². The molecule has 3 rings (SSSR count). The van der Waals surface area contributed by atoms with Crippen molar-refractivity contribution in [2.45, 2.75) is 12.6 Å². The Morgan fingerprint density at radius 3 is 2.69 bits per heavy atom. The molecule has 0 bridgehead atoms. The van der Waals surface area contributed by atoms with Crippen LogP contribution < -0.4 is 21.1 Å². The highest BCUT2D eigenvalue weighted by atomic mass is 16.5. The Morgan fingerprint density at radius 2 is 2.00 bits per heavy atom. The van der Waals surface area contributed by atoms with Crippen molar-refractivity contribution >= 4 is 11.9 Å². The summed E-state index contributed by atoms with van der Waals surface area (Å²) in [6, 6.07) is 13.4. The molecule has 0 aliphatic carbocycles. The minimum Gasteiger partial charge on any atom is -0.496 e. The number of aryl methyl sites for hydroxylation is 1. The Morgan fingerprint density at radius 1 is 1.21 bits per heavy atom. The molecule has 29 heavy (non-hydrogen) atoms. The summed E-state index contributed by atoms with van der Waals surface area (Å²) in [4.78, 5) is 28.3. The highest BCUT2D eigenvalue weighted by Gasteiger charge is 2.23. The molecule has 0 saturated carbocycles. The maximum Gasteiger partial charge on any atom is 0.315 e. The summed E-state index contributed by atoms with van der Waals surface area (Å²) in [6.07, 6.45) is 3.49. The lowest BCUT2D eigenvalue weighted by Crippen LogP contribution is -2.39. The summed E-state index contributed by atoms with van der Waals surface area (Å²) >= 11 is 0. The Bertz CT molecular complexity index is 1010. The molecule has 3 amide bonds. The van der Waals surface area contributed by atoms with Crippen LogP contribution in [-0.4, -0.2) is 28.6 Å². The minimum absolute atomic E-state index is 0.242. The topological polar surface area (TPSA) is 111 Å². The van der Waals surface area contributed by atoms with Gasteiger partial charge < -0.3 is 25.7 Å². The van der Waals surface area contributed by atoms with Crippen LogP contribution in [0.15, 0.2) is 60.9 Å². The van der Waals surface area contributed by atoms with E-state index in [0.29, 0.717) is 17.1 Å². The highest BCUT2D eigenvalue weighted by molar-refractivity contribution is 5.92. The fourth-order valence-corrected chi connectivity index (χ4v) is 3.04. The van der Waals surface area contributed by atoms with E-state index in [1.54, 1.807) is 31.5 Å². The Kier molecular flexibility index (Phi) is 6.13. The average molecular weight is 393 g/mol. The number of methoxy groups -OCH3 is 1. The predicted octanol–water partition coefficient (Wildman–Crippen LogP) is 2.12. The Balaban J connectivity index is 1.78. The monoisotopic (exact) mass is 393 g/mol. The number of nitrogens with zero attached hydrogens (tertiary/aromatic N) is 2. The van der Waals surface area contributed by atoms with Crippen LogP contribution in [0, 0.1) is 0 Å². The maximum absolute atomic E-state index is 12.6. The van der Waals surface area contributed by atoms with Gasteiger partial charge in [0.15, 0.2) is 0 Å². The largest absolute Gasteiger partial charge is 0.496 e. The molecule has 4 N–H and O–H groups in total. The number of ether oxygens (including phenoxy) is 1. The van der Waals surface area contributed by atoms with E-state index in [1.165, 1.54) is 0 Å². The van der Waals surface area contributed by atoms with Crippen LogP contribution in [0.4, 0.5) is 4.79 Å². The first-order valence-electron chi connectivity index (χ1n) is 9.03. The van der Waals surface area contributed by atoms with Crippen molar-refractivity contribution in [2.75, 3.05) is 7.11 Å². The molecule has 8 nitrogen and oxygen atoms in total. The zero-order valence-corrected chi connectivity index (χ0v) is 16.3. The number of amides is 3. The van der Waals surface area contributed by atoms with Crippen molar-refractivity contribution in [3.63, 3.8) is 0 Å². The van der Waals surface area contributed by atoms with Crippen molar-refractivity contribution in [3.05, 3.63) is 83.4 Å². The number of carbonyl (C=O) groups is 2. The first kappa shape index (κ1) is 19.9. The zero-order valence-electron chi connectivity index (χ0n) is 16.3. The van der Waals surface area contributed by atoms with Gasteiger partial charge in [0.25, 0.3) is 0 Å². The fourth-order valence-electron chi connectivity index (χ4n) is 3.04. The lowest BCUT2D eigenvalue weighted by Gasteiger charge is -2.21. The number of primary amides is 1. The lowest BCUT2D eigenvalue weighted by atomic mass is 10.0. The van der Waals surface area contributed by atoms with Gasteiger partial charge in [0.05, 0.1) is 7.11 Å². The average Bonchev–Trinajstić information content (AvgIpc) is 3.16. The van der Waals surface area contributed by atoms with E-state index >= 15 is 0 Å². The molecule has 8 heteroatoms. The number of nitrogens with two attached hydrogens (primary N) is 1. The van der Waals surface area contributed by atoms with E-state index in [1.807, 2.05) is 48.1 Å². The molecule has 3 aromatic rings. The Labute approximate surface area is 168 Å². The predicted molar refractivity (Wildman–Crippen MR) is 108 cm³/mol. The van der Waals surface area contributed by atoms with Crippen LogP contribution in [0.5, 0.6) is 5.75 Å². The molecule has 150 valence electrons. The molecule has 1 aromatic heterocycles. The van der Waals surface area contributed by atoms with Gasteiger partial charge in [-0.25, -0.2) is 9.78 Å². The van der Waals surface area contributed by atoms with Crippen molar-refractivity contribution in [1.82, 2.24) is 20.2 Å². The number of nitrogens with one attached hydrogen (secondary N) is 2. The zero-order chi connectivity index (χ0) is 20.8. The molecule has 0 saturated heterocycles. The van der Waals surface area contributed by atoms with Crippen LogP contribution in [0.25, 0.3) is 0 Å². The molecule has 1 heterocycles. The van der Waals surface area contributed by atoms with Crippen molar-refractivity contribution in [3.8, 4) is 5.75 Å². The summed E-state index contributed by atoms with van der Waals surface area (Å²) in [5.41, 5.74) is 7.25. The van der Waals surface area contributed by atoms with Crippen LogP contribution in [-0.2, 0) is 13.6 Å². The molecule has 0 radical (unpaired) electrons. The van der Waals surface area contributed by atoms with Gasteiger partial charge in [0.2, 0.25) is 5.91 Å². The van der Waals surface area contributed by atoms with Gasteiger partial charge >= 0.3 is 6.03 Å². The molecule has 2 aromatic carbocycles. The molecule has 1 atom stereocenters. The minimum atomic E-state index is -0.512. The number of imidazole rings is 1. The summed E-state index contributed by atoms with van der Waals surface area (Å²) < 4.78 is 7.30. The number of hydrogen-bond donors (Lipinski definition) is 3. The van der Waals surface area contributed by atoms with Gasteiger partial charge in [-0.2, -0.15) is 0 Å². The second kappa shape index (κ2) is 8.92. The normalized spacial score (nSPS) is 11.5. The molecule has 0 fully saturated rings. The van der Waals surface area contributed by atoms with E-state index in [4.69, 9.17) is 10.5 Å². The third-order valence-electron chi connectivity index (χ3n) is 4.51. The van der Waals surface area contributed by atoms with Gasteiger partial charge in [0, 0.05) is 37.1 Å². The fraction of sp³-hybridized carbons (Fsp3) is 0.190. The van der Waals surface area contributed by atoms with Gasteiger partial charge in [-0.3, -0.25) is 4.79 Å². The van der Waals surface area contributed by atoms with Crippen molar-refractivity contribution < 1.29 is 14.3 Å². The first-order valence-corrected chi connectivity index (χ1v) is 9.03. The lowest BCUT2D eigenvalue weighted by molar-refractivity contribution is 0.1000. The first-order chi connectivity index (χ1) is 14.0. The summed E-state index contributed by atoms with van der Waals surface area (Å²) in [5.74, 6) is 0.803. The third-order valence-corrected chi connectivity index (χ3v) is 4.51. The maximum atomic E-state index is 12.6. The van der Waals surface area contributed by atoms with Crippen LogP contribution in [0.2, 0.25) is 0 Å². The van der Waals surface area contributed by atoms with Gasteiger partial charge in [-0.05, 0) is 23.8 Å². The van der Waals surface area contributed by atoms with Crippen LogP contribution >= 0.6 is 0 Å². The molecule has 0 spiro atoms. The summed E-state index contributed by atoms with van der Waals surface area (Å²) in [5, 5.41) is 5.76. The third kappa shape index (κ3) is 4.73. The van der Waals surface area contributed by atoms with Gasteiger partial charge in [-0.15, -0.1) is 0 Å². The molecular formula is C21H23N5O3. The second-order valence-electron chi connectivity index (χ2n) is 6.46. The molecule has 0 aliphatic rings. The van der Waals surface area contributed by atoms with E-state index in [-0.39, 0.29) is 12.6 Å². The van der Waals surface area contributed by atoms with Crippen LogP contribution in [0.3, 0.4) is 0 Å². The number of rotatable bonds is 7.